The Balaban J connectivity index is 1.97. The maximum atomic E-state index is 11.9. The van der Waals surface area contributed by atoms with Gasteiger partial charge in [0.05, 0.1) is 11.0 Å². The van der Waals surface area contributed by atoms with Crippen molar-refractivity contribution in [2.75, 3.05) is 11.9 Å². The van der Waals surface area contributed by atoms with E-state index in [2.05, 4.69) is 17.6 Å². The van der Waals surface area contributed by atoms with Gasteiger partial charge in [-0.25, -0.2) is 4.79 Å². The molecular formula is C23H39N3O4. The maximum absolute atomic E-state index is 11.9. The van der Waals surface area contributed by atoms with Gasteiger partial charge in [-0.3, -0.25) is 10.1 Å². The molecule has 30 heavy (non-hydrogen) atoms. The van der Waals surface area contributed by atoms with Crippen molar-refractivity contribution in [2.24, 2.45) is 0 Å². The molecule has 170 valence electrons. The number of aromatic hydroxyl groups is 1. The second-order valence-electron chi connectivity index (χ2n) is 7.94. The Morgan fingerprint density at radius 3 is 1.90 bits per heavy atom. The number of carbonyl (C=O) groups excluding carboxylic acids is 1. The van der Waals surface area contributed by atoms with E-state index in [9.17, 15) is 20.0 Å². The van der Waals surface area contributed by atoms with E-state index in [1.807, 2.05) is 0 Å². The molecule has 0 aromatic heterocycles. The van der Waals surface area contributed by atoms with Gasteiger partial charge in [0, 0.05) is 6.54 Å². The molecule has 1 rings (SSSR count). The van der Waals surface area contributed by atoms with Gasteiger partial charge in [-0.1, -0.05) is 90.4 Å². The van der Waals surface area contributed by atoms with E-state index in [0.717, 1.165) is 18.9 Å². The minimum atomic E-state index is -0.636. The van der Waals surface area contributed by atoms with E-state index in [1.165, 1.54) is 89.2 Å². The SMILES string of the molecule is CCCCCCCCCCCCCCCCNC(=O)Nc1ccc(O)cc1[N+](=O)[O-]. The summed E-state index contributed by atoms with van der Waals surface area (Å²) in [5, 5.41) is 25.5. The molecule has 0 radical (unpaired) electrons. The molecule has 2 amide bonds. The van der Waals surface area contributed by atoms with E-state index in [4.69, 9.17) is 0 Å². The molecule has 1 aromatic rings. The Hall–Kier alpha value is -2.31. The summed E-state index contributed by atoms with van der Waals surface area (Å²) in [6.45, 7) is 2.79. The fraction of sp³-hybridized carbons (Fsp3) is 0.696. The normalized spacial score (nSPS) is 10.7. The van der Waals surface area contributed by atoms with Crippen LogP contribution in [0.2, 0.25) is 0 Å². The van der Waals surface area contributed by atoms with Crippen LogP contribution in [0, 0.1) is 10.1 Å². The van der Waals surface area contributed by atoms with E-state index in [0.29, 0.717) is 6.54 Å². The average molecular weight is 422 g/mol. The summed E-state index contributed by atoms with van der Waals surface area (Å²) in [6, 6.07) is 3.16. The molecule has 3 N–H and O–H groups in total. The molecule has 0 saturated heterocycles. The summed E-state index contributed by atoms with van der Waals surface area (Å²) >= 11 is 0. The first kappa shape index (κ1) is 25.7. The van der Waals surface area contributed by atoms with Crippen LogP contribution in [0.15, 0.2) is 18.2 Å². The van der Waals surface area contributed by atoms with Crippen molar-refractivity contribution in [1.29, 1.82) is 0 Å². The van der Waals surface area contributed by atoms with Crippen LogP contribution < -0.4 is 10.6 Å². The molecule has 0 saturated carbocycles. The van der Waals surface area contributed by atoms with Gasteiger partial charge < -0.3 is 15.7 Å². The minimum absolute atomic E-state index is 0.0660. The van der Waals surface area contributed by atoms with Crippen molar-refractivity contribution in [3.8, 4) is 5.75 Å². The molecule has 0 unspecified atom stereocenters. The number of urea groups is 1. The average Bonchev–Trinajstić information content (AvgIpc) is 2.72. The third-order valence-corrected chi connectivity index (χ3v) is 5.24. The number of rotatable bonds is 17. The number of phenols is 1. The summed E-state index contributed by atoms with van der Waals surface area (Å²) < 4.78 is 0. The van der Waals surface area contributed by atoms with Crippen molar-refractivity contribution >= 4 is 17.4 Å². The zero-order valence-corrected chi connectivity index (χ0v) is 18.5. The first-order chi connectivity index (χ1) is 14.5. The van der Waals surface area contributed by atoms with Crippen molar-refractivity contribution in [1.82, 2.24) is 5.32 Å². The van der Waals surface area contributed by atoms with Crippen LogP contribution in [0.5, 0.6) is 5.75 Å². The molecular weight excluding hydrogens is 382 g/mol. The van der Waals surface area contributed by atoms with Gasteiger partial charge in [-0.05, 0) is 18.6 Å². The predicted molar refractivity (Wildman–Crippen MR) is 122 cm³/mol. The molecule has 1 aromatic carbocycles. The lowest BCUT2D eigenvalue weighted by atomic mass is 10.0. The van der Waals surface area contributed by atoms with Gasteiger partial charge in [0.2, 0.25) is 0 Å². The summed E-state index contributed by atoms with van der Waals surface area (Å²) in [5.74, 6) is -0.213. The third kappa shape index (κ3) is 12.3. The number of hydrogen-bond donors (Lipinski definition) is 3. The van der Waals surface area contributed by atoms with Crippen LogP contribution in [-0.2, 0) is 0 Å². The van der Waals surface area contributed by atoms with E-state index in [-0.39, 0.29) is 17.1 Å². The monoisotopic (exact) mass is 421 g/mol. The highest BCUT2D eigenvalue weighted by molar-refractivity contribution is 5.91. The van der Waals surface area contributed by atoms with Crippen LogP contribution in [0.3, 0.4) is 0 Å². The molecule has 0 aliphatic heterocycles. The maximum Gasteiger partial charge on any atom is 0.319 e. The summed E-state index contributed by atoms with van der Waals surface area (Å²) in [5.41, 5.74) is -0.266. The van der Waals surface area contributed by atoms with E-state index >= 15 is 0 Å². The number of amides is 2. The lowest BCUT2D eigenvalue weighted by molar-refractivity contribution is -0.384. The Labute approximate surface area is 180 Å². The van der Waals surface area contributed by atoms with Crippen LogP contribution in [-0.4, -0.2) is 22.6 Å². The van der Waals surface area contributed by atoms with Crippen molar-refractivity contribution in [3.05, 3.63) is 28.3 Å². The molecule has 7 heteroatoms. The van der Waals surface area contributed by atoms with Crippen molar-refractivity contribution in [3.63, 3.8) is 0 Å². The number of benzene rings is 1. The van der Waals surface area contributed by atoms with Crippen LogP contribution in [0.1, 0.15) is 96.8 Å². The number of unbranched alkanes of at least 4 members (excludes halogenated alkanes) is 13. The van der Waals surface area contributed by atoms with E-state index in [1.54, 1.807) is 0 Å². The topological polar surface area (TPSA) is 104 Å². The van der Waals surface area contributed by atoms with Crippen molar-refractivity contribution < 1.29 is 14.8 Å². The van der Waals surface area contributed by atoms with Crippen molar-refractivity contribution in [2.45, 2.75) is 96.8 Å². The Bertz CT molecular complexity index is 622. The largest absolute Gasteiger partial charge is 0.508 e. The van der Waals surface area contributed by atoms with Crippen LogP contribution >= 0.6 is 0 Å². The smallest absolute Gasteiger partial charge is 0.319 e. The second kappa shape index (κ2) is 16.5. The number of nitrogens with zero attached hydrogens (tertiary/aromatic N) is 1. The van der Waals surface area contributed by atoms with Gasteiger partial charge in [0.15, 0.2) is 0 Å². The number of nitro benzene ring substituents is 1. The summed E-state index contributed by atoms with van der Waals surface area (Å²) in [7, 11) is 0. The van der Waals surface area contributed by atoms with Gasteiger partial charge in [0.1, 0.15) is 11.4 Å². The zero-order chi connectivity index (χ0) is 22.0. The van der Waals surface area contributed by atoms with Gasteiger partial charge in [-0.15, -0.1) is 0 Å². The number of anilines is 1. The molecule has 0 fully saturated rings. The highest BCUT2D eigenvalue weighted by atomic mass is 16.6. The molecule has 0 bridgehead atoms. The summed E-state index contributed by atoms with van der Waals surface area (Å²) in [4.78, 5) is 22.2. The molecule has 7 nitrogen and oxygen atoms in total. The molecule has 0 spiro atoms. The quantitative estimate of drug-likeness (QED) is 0.110. The minimum Gasteiger partial charge on any atom is -0.508 e. The number of nitrogens with one attached hydrogen (secondary N) is 2. The standard InChI is InChI=1S/C23H39N3O4/c1-2-3-4-5-6-7-8-9-10-11-12-13-14-15-18-24-23(28)25-21-17-16-20(27)19-22(21)26(29)30/h16-17,19,27H,2-15,18H2,1H3,(H2,24,25,28). The number of carbonyl (C=O) groups is 1. The lowest BCUT2D eigenvalue weighted by Gasteiger charge is -2.08. The van der Waals surface area contributed by atoms with Gasteiger partial charge >= 0.3 is 6.03 Å². The fourth-order valence-electron chi connectivity index (χ4n) is 3.46. The number of hydrogen-bond acceptors (Lipinski definition) is 4. The number of phenolic OH excluding ortho intramolecular Hbond substituents is 1. The fourth-order valence-corrected chi connectivity index (χ4v) is 3.46. The lowest BCUT2D eigenvalue weighted by Crippen LogP contribution is -2.29. The first-order valence-corrected chi connectivity index (χ1v) is 11.6. The van der Waals surface area contributed by atoms with E-state index < -0.39 is 11.0 Å². The molecule has 0 aliphatic carbocycles. The third-order valence-electron chi connectivity index (χ3n) is 5.24. The highest BCUT2D eigenvalue weighted by Crippen LogP contribution is 2.28. The molecule has 0 aliphatic rings. The number of nitro groups is 1. The van der Waals surface area contributed by atoms with Crippen LogP contribution in [0.4, 0.5) is 16.2 Å². The highest BCUT2D eigenvalue weighted by Gasteiger charge is 2.16. The Kier molecular flexibility index (Phi) is 14.1. The van der Waals surface area contributed by atoms with Gasteiger partial charge in [-0.2, -0.15) is 0 Å². The Morgan fingerprint density at radius 1 is 0.900 bits per heavy atom. The Morgan fingerprint density at radius 2 is 1.40 bits per heavy atom. The van der Waals surface area contributed by atoms with Crippen LogP contribution in [0.25, 0.3) is 0 Å². The summed E-state index contributed by atoms with van der Waals surface area (Å²) in [6.07, 6.45) is 17.9. The van der Waals surface area contributed by atoms with Gasteiger partial charge in [0.25, 0.3) is 5.69 Å². The molecule has 0 heterocycles. The first-order valence-electron chi connectivity index (χ1n) is 11.6. The predicted octanol–water partition coefficient (Wildman–Crippen LogP) is 6.90. The zero-order valence-electron chi connectivity index (χ0n) is 18.5. The second-order valence-corrected chi connectivity index (χ2v) is 7.94. The molecule has 0 atom stereocenters.